The SMILES string of the molecule is Cc1ccc(OC(C)C(C)C)c(CN)c1. The van der Waals surface area contributed by atoms with Crippen LogP contribution in [-0.4, -0.2) is 6.10 Å². The Kier molecular flexibility index (Phi) is 4.15. The van der Waals surface area contributed by atoms with Crippen molar-refractivity contribution in [3.8, 4) is 5.75 Å². The summed E-state index contributed by atoms with van der Waals surface area (Å²) in [4.78, 5) is 0. The Morgan fingerprint density at radius 2 is 1.93 bits per heavy atom. The van der Waals surface area contributed by atoms with Crippen molar-refractivity contribution >= 4 is 0 Å². The molecule has 0 heterocycles. The van der Waals surface area contributed by atoms with Crippen LogP contribution in [0.15, 0.2) is 18.2 Å². The second kappa shape index (κ2) is 5.17. The van der Waals surface area contributed by atoms with Gasteiger partial charge in [0.15, 0.2) is 0 Å². The molecule has 84 valence electrons. The maximum atomic E-state index is 5.87. The Balaban J connectivity index is 2.84. The van der Waals surface area contributed by atoms with Crippen LogP contribution in [0.4, 0.5) is 0 Å². The Morgan fingerprint density at radius 1 is 1.27 bits per heavy atom. The number of ether oxygens (including phenoxy) is 1. The average molecular weight is 207 g/mol. The molecule has 2 N–H and O–H groups in total. The van der Waals surface area contributed by atoms with Crippen molar-refractivity contribution in [2.75, 3.05) is 0 Å². The number of hydrogen-bond acceptors (Lipinski definition) is 2. The van der Waals surface area contributed by atoms with Gasteiger partial charge in [0.05, 0.1) is 6.10 Å². The molecular weight excluding hydrogens is 186 g/mol. The lowest BCUT2D eigenvalue weighted by Gasteiger charge is -2.20. The molecule has 2 nitrogen and oxygen atoms in total. The largest absolute Gasteiger partial charge is 0.490 e. The van der Waals surface area contributed by atoms with Gasteiger partial charge in [-0.25, -0.2) is 0 Å². The van der Waals surface area contributed by atoms with E-state index in [-0.39, 0.29) is 6.10 Å². The van der Waals surface area contributed by atoms with Gasteiger partial charge < -0.3 is 10.5 Å². The summed E-state index contributed by atoms with van der Waals surface area (Å²) in [5.41, 5.74) is 8.00. The number of benzene rings is 1. The molecule has 0 aliphatic carbocycles. The zero-order valence-corrected chi connectivity index (χ0v) is 10.1. The van der Waals surface area contributed by atoms with E-state index in [0.717, 1.165) is 11.3 Å². The summed E-state index contributed by atoms with van der Waals surface area (Å²) < 4.78 is 5.87. The van der Waals surface area contributed by atoms with Crippen LogP contribution in [0.25, 0.3) is 0 Å². The highest BCUT2D eigenvalue weighted by molar-refractivity contribution is 5.36. The first-order valence-electron chi connectivity index (χ1n) is 5.51. The predicted octanol–water partition coefficient (Wildman–Crippen LogP) is 2.88. The molecule has 1 aromatic carbocycles. The van der Waals surface area contributed by atoms with E-state index in [2.05, 4.69) is 39.8 Å². The molecule has 0 fully saturated rings. The van der Waals surface area contributed by atoms with Crippen LogP contribution in [0.5, 0.6) is 5.75 Å². The Bertz CT molecular complexity index is 320. The molecule has 0 saturated heterocycles. The Labute approximate surface area is 92.4 Å². The summed E-state index contributed by atoms with van der Waals surface area (Å²) in [6.07, 6.45) is 0.220. The van der Waals surface area contributed by atoms with Gasteiger partial charge in [-0.1, -0.05) is 31.5 Å². The fourth-order valence-electron chi connectivity index (χ4n) is 1.32. The van der Waals surface area contributed by atoms with Crippen molar-refractivity contribution < 1.29 is 4.74 Å². The first-order chi connectivity index (χ1) is 7.04. The zero-order chi connectivity index (χ0) is 11.4. The quantitative estimate of drug-likeness (QED) is 0.824. The first-order valence-corrected chi connectivity index (χ1v) is 5.51. The van der Waals surface area contributed by atoms with Crippen molar-refractivity contribution in [2.45, 2.75) is 40.3 Å². The monoisotopic (exact) mass is 207 g/mol. The minimum atomic E-state index is 0.220. The van der Waals surface area contributed by atoms with E-state index < -0.39 is 0 Å². The van der Waals surface area contributed by atoms with Gasteiger partial charge in [0.2, 0.25) is 0 Å². The third kappa shape index (κ3) is 3.24. The van der Waals surface area contributed by atoms with Crippen LogP contribution >= 0.6 is 0 Å². The highest BCUT2D eigenvalue weighted by atomic mass is 16.5. The summed E-state index contributed by atoms with van der Waals surface area (Å²) in [6, 6.07) is 6.15. The van der Waals surface area contributed by atoms with Gasteiger partial charge in [-0.2, -0.15) is 0 Å². The van der Waals surface area contributed by atoms with Crippen LogP contribution in [0, 0.1) is 12.8 Å². The molecule has 0 aromatic heterocycles. The molecule has 1 aromatic rings. The number of hydrogen-bond donors (Lipinski definition) is 1. The topological polar surface area (TPSA) is 35.2 Å². The fraction of sp³-hybridized carbons (Fsp3) is 0.538. The van der Waals surface area contributed by atoms with Crippen molar-refractivity contribution in [3.63, 3.8) is 0 Å². The zero-order valence-electron chi connectivity index (χ0n) is 10.1. The van der Waals surface area contributed by atoms with Gasteiger partial charge in [0.1, 0.15) is 5.75 Å². The molecule has 0 bridgehead atoms. The smallest absolute Gasteiger partial charge is 0.124 e. The molecule has 1 unspecified atom stereocenters. The van der Waals surface area contributed by atoms with Gasteiger partial charge in [-0.15, -0.1) is 0 Å². The summed E-state index contributed by atoms with van der Waals surface area (Å²) in [5, 5.41) is 0. The van der Waals surface area contributed by atoms with E-state index in [1.165, 1.54) is 5.56 Å². The van der Waals surface area contributed by atoms with Gasteiger partial charge in [0, 0.05) is 12.1 Å². The van der Waals surface area contributed by atoms with E-state index >= 15 is 0 Å². The van der Waals surface area contributed by atoms with Crippen LogP contribution in [0.1, 0.15) is 31.9 Å². The molecule has 0 saturated carbocycles. The van der Waals surface area contributed by atoms with E-state index in [1.807, 2.05) is 6.07 Å². The van der Waals surface area contributed by atoms with Crippen LogP contribution in [-0.2, 0) is 6.54 Å². The second-order valence-corrected chi connectivity index (χ2v) is 4.38. The third-order valence-corrected chi connectivity index (χ3v) is 2.69. The number of aryl methyl sites for hydroxylation is 1. The minimum absolute atomic E-state index is 0.220. The van der Waals surface area contributed by atoms with Crippen molar-refractivity contribution in [2.24, 2.45) is 11.7 Å². The highest BCUT2D eigenvalue weighted by Crippen LogP contribution is 2.22. The maximum absolute atomic E-state index is 5.87. The summed E-state index contributed by atoms with van der Waals surface area (Å²) in [7, 11) is 0. The van der Waals surface area contributed by atoms with Gasteiger partial charge in [-0.3, -0.25) is 0 Å². The maximum Gasteiger partial charge on any atom is 0.124 e. The minimum Gasteiger partial charge on any atom is -0.490 e. The number of nitrogens with two attached hydrogens (primary N) is 1. The van der Waals surface area contributed by atoms with Crippen molar-refractivity contribution in [1.82, 2.24) is 0 Å². The summed E-state index contributed by atoms with van der Waals surface area (Å²) in [5.74, 6) is 1.43. The van der Waals surface area contributed by atoms with E-state index in [0.29, 0.717) is 12.5 Å². The highest BCUT2D eigenvalue weighted by Gasteiger charge is 2.10. The van der Waals surface area contributed by atoms with Crippen LogP contribution in [0.2, 0.25) is 0 Å². The van der Waals surface area contributed by atoms with Crippen LogP contribution in [0.3, 0.4) is 0 Å². The second-order valence-electron chi connectivity index (χ2n) is 4.38. The molecule has 2 heteroatoms. The van der Waals surface area contributed by atoms with Gasteiger partial charge in [0.25, 0.3) is 0 Å². The normalized spacial score (nSPS) is 12.9. The summed E-state index contributed by atoms with van der Waals surface area (Å²) >= 11 is 0. The molecule has 1 atom stereocenters. The third-order valence-electron chi connectivity index (χ3n) is 2.69. The molecule has 0 aliphatic rings. The van der Waals surface area contributed by atoms with Gasteiger partial charge in [-0.05, 0) is 25.8 Å². The number of rotatable bonds is 4. The van der Waals surface area contributed by atoms with E-state index in [1.54, 1.807) is 0 Å². The lowest BCUT2D eigenvalue weighted by molar-refractivity contribution is 0.169. The Morgan fingerprint density at radius 3 is 2.47 bits per heavy atom. The van der Waals surface area contributed by atoms with Crippen LogP contribution < -0.4 is 10.5 Å². The van der Waals surface area contributed by atoms with E-state index in [9.17, 15) is 0 Å². The van der Waals surface area contributed by atoms with Gasteiger partial charge >= 0.3 is 0 Å². The lowest BCUT2D eigenvalue weighted by Crippen LogP contribution is -2.19. The molecule has 0 radical (unpaired) electrons. The Hall–Kier alpha value is -1.02. The predicted molar refractivity (Wildman–Crippen MR) is 64.0 cm³/mol. The first kappa shape index (κ1) is 12.1. The molecular formula is C13H21NO. The standard InChI is InChI=1S/C13H21NO/c1-9(2)11(4)15-13-6-5-10(3)7-12(13)8-14/h5-7,9,11H,8,14H2,1-4H3. The molecule has 0 spiro atoms. The van der Waals surface area contributed by atoms with E-state index in [4.69, 9.17) is 10.5 Å². The van der Waals surface area contributed by atoms with Crippen molar-refractivity contribution in [3.05, 3.63) is 29.3 Å². The lowest BCUT2D eigenvalue weighted by atomic mass is 10.1. The molecule has 0 aliphatic heterocycles. The molecule has 15 heavy (non-hydrogen) atoms. The average Bonchev–Trinajstić information content (AvgIpc) is 2.20. The van der Waals surface area contributed by atoms with Crippen molar-refractivity contribution in [1.29, 1.82) is 0 Å². The summed E-state index contributed by atoms with van der Waals surface area (Å²) in [6.45, 7) is 8.99. The molecule has 1 rings (SSSR count). The fourth-order valence-corrected chi connectivity index (χ4v) is 1.32. The molecule has 0 amide bonds.